The molecule has 1 saturated heterocycles. The molecule has 3 rings (SSSR count). The Kier molecular flexibility index (Phi) is 7.65. The first-order valence-corrected chi connectivity index (χ1v) is 10.8. The van der Waals surface area contributed by atoms with Crippen molar-refractivity contribution in [3.05, 3.63) is 53.6 Å². The van der Waals surface area contributed by atoms with Crippen LogP contribution < -0.4 is 16.0 Å². The smallest absolute Gasteiger partial charge is 0.253 e. The molecular weight excluding hydrogens is 392 g/mol. The summed E-state index contributed by atoms with van der Waals surface area (Å²) in [5.74, 6) is -0.206. The van der Waals surface area contributed by atoms with E-state index in [1.807, 2.05) is 30.0 Å². The van der Waals surface area contributed by atoms with Crippen LogP contribution in [-0.4, -0.2) is 42.3 Å². The SMILES string of the molecule is CCC(=O)Nc1cccc(NCC(=O)Nc2ccc(C(=O)N3CCCCC3)cc2)c1C. The molecule has 0 bridgehead atoms. The Hall–Kier alpha value is -3.35. The highest BCUT2D eigenvalue weighted by molar-refractivity contribution is 5.97. The molecule has 7 nitrogen and oxygen atoms in total. The third-order valence-electron chi connectivity index (χ3n) is 5.43. The zero-order valence-electron chi connectivity index (χ0n) is 18.2. The average Bonchev–Trinajstić information content (AvgIpc) is 2.80. The van der Waals surface area contributed by atoms with Gasteiger partial charge in [0.25, 0.3) is 5.91 Å². The van der Waals surface area contributed by atoms with Crippen LogP contribution >= 0.6 is 0 Å². The Bertz CT molecular complexity index is 934. The normalized spacial score (nSPS) is 13.4. The van der Waals surface area contributed by atoms with E-state index in [0.29, 0.717) is 17.7 Å². The molecule has 0 atom stereocenters. The molecule has 1 aliphatic rings. The predicted molar refractivity (Wildman–Crippen MR) is 123 cm³/mol. The van der Waals surface area contributed by atoms with Crippen LogP contribution in [0.15, 0.2) is 42.5 Å². The monoisotopic (exact) mass is 422 g/mol. The molecule has 2 aromatic carbocycles. The molecule has 0 spiro atoms. The molecule has 0 unspecified atom stereocenters. The van der Waals surface area contributed by atoms with Gasteiger partial charge in [0.1, 0.15) is 0 Å². The second-order valence-electron chi connectivity index (χ2n) is 7.71. The van der Waals surface area contributed by atoms with Crippen LogP contribution in [0.4, 0.5) is 17.1 Å². The standard InChI is InChI=1S/C24H30N4O3/c1-3-22(29)27-21-9-7-8-20(17(21)2)25-16-23(30)26-19-12-10-18(11-13-19)24(31)28-14-5-4-6-15-28/h7-13,25H,3-6,14-16H2,1-2H3,(H,26,30)(H,27,29). The molecule has 0 radical (unpaired) electrons. The van der Waals surface area contributed by atoms with Gasteiger partial charge in [-0.2, -0.15) is 0 Å². The summed E-state index contributed by atoms with van der Waals surface area (Å²) in [6, 6.07) is 12.5. The van der Waals surface area contributed by atoms with Crippen LogP contribution in [0.2, 0.25) is 0 Å². The van der Waals surface area contributed by atoms with Crippen molar-refractivity contribution in [3.8, 4) is 0 Å². The van der Waals surface area contributed by atoms with Crippen molar-refractivity contribution in [3.63, 3.8) is 0 Å². The zero-order valence-corrected chi connectivity index (χ0v) is 18.2. The molecule has 0 saturated carbocycles. The van der Waals surface area contributed by atoms with Gasteiger partial charge in [-0.05, 0) is 68.1 Å². The molecule has 3 amide bonds. The number of nitrogens with zero attached hydrogens (tertiary/aromatic N) is 1. The average molecular weight is 423 g/mol. The van der Waals surface area contributed by atoms with Gasteiger partial charge in [-0.3, -0.25) is 14.4 Å². The molecule has 7 heteroatoms. The van der Waals surface area contributed by atoms with Crippen LogP contribution in [0.5, 0.6) is 0 Å². The minimum Gasteiger partial charge on any atom is -0.376 e. The fourth-order valence-electron chi connectivity index (χ4n) is 3.56. The van der Waals surface area contributed by atoms with Crippen LogP contribution in [0.25, 0.3) is 0 Å². The van der Waals surface area contributed by atoms with E-state index >= 15 is 0 Å². The first-order valence-electron chi connectivity index (χ1n) is 10.8. The van der Waals surface area contributed by atoms with Crippen molar-refractivity contribution in [2.24, 2.45) is 0 Å². The number of hydrogen-bond donors (Lipinski definition) is 3. The maximum atomic E-state index is 12.5. The van der Waals surface area contributed by atoms with E-state index in [1.54, 1.807) is 31.2 Å². The molecule has 0 aromatic heterocycles. The number of carbonyl (C=O) groups is 3. The van der Waals surface area contributed by atoms with Gasteiger partial charge in [0.05, 0.1) is 6.54 Å². The summed E-state index contributed by atoms with van der Waals surface area (Å²) in [5.41, 5.74) is 3.66. The fraction of sp³-hybridized carbons (Fsp3) is 0.375. The van der Waals surface area contributed by atoms with Gasteiger partial charge < -0.3 is 20.9 Å². The maximum Gasteiger partial charge on any atom is 0.253 e. The first kappa shape index (κ1) is 22.3. The molecule has 1 aliphatic heterocycles. The van der Waals surface area contributed by atoms with Gasteiger partial charge >= 0.3 is 0 Å². The molecule has 2 aromatic rings. The second kappa shape index (κ2) is 10.6. The van der Waals surface area contributed by atoms with E-state index in [9.17, 15) is 14.4 Å². The minimum atomic E-state index is -0.197. The molecule has 31 heavy (non-hydrogen) atoms. The number of hydrogen-bond acceptors (Lipinski definition) is 4. The lowest BCUT2D eigenvalue weighted by Crippen LogP contribution is -2.35. The molecule has 1 heterocycles. The van der Waals surface area contributed by atoms with E-state index in [-0.39, 0.29) is 24.3 Å². The number of rotatable bonds is 7. The third-order valence-corrected chi connectivity index (χ3v) is 5.43. The lowest BCUT2D eigenvalue weighted by atomic mass is 10.1. The van der Waals surface area contributed by atoms with Crippen molar-refractivity contribution in [1.82, 2.24) is 4.90 Å². The topological polar surface area (TPSA) is 90.5 Å². The van der Waals surface area contributed by atoms with Gasteiger partial charge in [0.15, 0.2) is 0 Å². The Labute approximate surface area is 183 Å². The highest BCUT2D eigenvalue weighted by atomic mass is 16.2. The Morgan fingerprint density at radius 3 is 2.23 bits per heavy atom. The summed E-state index contributed by atoms with van der Waals surface area (Å²) < 4.78 is 0. The molecule has 3 N–H and O–H groups in total. The predicted octanol–water partition coefficient (Wildman–Crippen LogP) is 4.02. The highest BCUT2D eigenvalue weighted by Crippen LogP contribution is 2.23. The summed E-state index contributed by atoms with van der Waals surface area (Å²) in [4.78, 5) is 38.4. The van der Waals surface area contributed by atoms with Crippen molar-refractivity contribution < 1.29 is 14.4 Å². The number of piperidine rings is 1. The number of anilines is 3. The van der Waals surface area contributed by atoms with E-state index in [4.69, 9.17) is 0 Å². The molecular formula is C24H30N4O3. The van der Waals surface area contributed by atoms with Crippen molar-refractivity contribution in [1.29, 1.82) is 0 Å². The van der Waals surface area contributed by atoms with Crippen LogP contribution in [-0.2, 0) is 9.59 Å². The largest absolute Gasteiger partial charge is 0.376 e. The van der Waals surface area contributed by atoms with E-state index in [1.165, 1.54) is 6.42 Å². The van der Waals surface area contributed by atoms with Gasteiger partial charge in [-0.15, -0.1) is 0 Å². The molecule has 1 fully saturated rings. The van der Waals surface area contributed by atoms with E-state index in [0.717, 1.165) is 42.9 Å². The number of carbonyl (C=O) groups excluding carboxylic acids is 3. The summed E-state index contributed by atoms with van der Waals surface area (Å²) in [6.07, 6.45) is 3.70. The van der Waals surface area contributed by atoms with Gasteiger partial charge in [0.2, 0.25) is 11.8 Å². The summed E-state index contributed by atoms with van der Waals surface area (Å²) in [6.45, 7) is 5.40. The van der Waals surface area contributed by atoms with Gasteiger partial charge in [-0.1, -0.05) is 13.0 Å². The van der Waals surface area contributed by atoms with Crippen molar-refractivity contribution in [2.45, 2.75) is 39.5 Å². The lowest BCUT2D eigenvalue weighted by molar-refractivity contribution is -0.116. The lowest BCUT2D eigenvalue weighted by Gasteiger charge is -2.26. The van der Waals surface area contributed by atoms with E-state index < -0.39 is 0 Å². The summed E-state index contributed by atoms with van der Waals surface area (Å²) in [7, 11) is 0. The summed E-state index contributed by atoms with van der Waals surface area (Å²) in [5, 5.41) is 8.81. The quantitative estimate of drug-likeness (QED) is 0.629. The number of amides is 3. The number of likely N-dealkylation sites (tertiary alicyclic amines) is 1. The number of benzene rings is 2. The van der Waals surface area contributed by atoms with Crippen molar-refractivity contribution >= 4 is 34.8 Å². The Morgan fingerprint density at radius 2 is 1.55 bits per heavy atom. The maximum absolute atomic E-state index is 12.5. The van der Waals surface area contributed by atoms with Crippen molar-refractivity contribution in [2.75, 3.05) is 35.6 Å². The highest BCUT2D eigenvalue weighted by Gasteiger charge is 2.18. The third kappa shape index (κ3) is 6.07. The molecule has 0 aliphatic carbocycles. The van der Waals surface area contributed by atoms with Crippen LogP contribution in [0, 0.1) is 6.92 Å². The zero-order chi connectivity index (χ0) is 22.2. The fourth-order valence-corrected chi connectivity index (χ4v) is 3.56. The van der Waals surface area contributed by atoms with E-state index in [2.05, 4.69) is 16.0 Å². The number of nitrogens with one attached hydrogen (secondary N) is 3. The Balaban J connectivity index is 1.53. The van der Waals surface area contributed by atoms with Crippen LogP contribution in [0.3, 0.4) is 0 Å². The van der Waals surface area contributed by atoms with Gasteiger partial charge in [-0.25, -0.2) is 0 Å². The summed E-state index contributed by atoms with van der Waals surface area (Å²) >= 11 is 0. The second-order valence-corrected chi connectivity index (χ2v) is 7.71. The van der Waals surface area contributed by atoms with Crippen LogP contribution in [0.1, 0.15) is 48.5 Å². The minimum absolute atomic E-state index is 0.0461. The first-order chi connectivity index (χ1) is 15.0. The molecule has 164 valence electrons. The Morgan fingerprint density at radius 1 is 0.871 bits per heavy atom. The van der Waals surface area contributed by atoms with Gasteiger partial charge in [0, 0.05) is 42.1 Å².